The predicted octanol–water partition coefficient (Wildman–Crippen LogP) is 4.40. The molecule has 1 N–H and O–H groups in total. The van der Waals surface area contributed by atoms with E-state index in [1.807, 2.05) is 12.1 Å². The normalized spacial score (nSPS) is 11.8. The number of ketones is 1. The quantitative estimate of drug-likeness (QED) is 0.785. The number of ether oxygens (including phenoxy) is 1. The van der Waals surface area contributed by atoms with Crippen LogP contribution < -0.4 is 10.1 Å². The smallest absolute Gasteiger partial charge is 0.129 e. The second kappa shape index (κ2) is 8.37. The van der Waals surface area contributed by atoms with E-state index >= 15 is 0 Å². The molecular weight excluding hydrogens is 286 g/mol. The largest absolute Gasteiger partial charge is 0.497 e. The van der Waals surface area contributed by atoms with Gasteiger partial charge in [0.1, 0.15) is 11.5 Å². The van der Waals surface area contributed by atoms with Crippen LogP contribution in [0.15, 0.2) is 48.5 Å². The van der Waals surface area contributed by atoms with Gasteiger partial charge in [-0.05, 0) is 56.5 Å². The van der Waals surface area contributed by atoms with Crippen molar-refractivity contribution in [2.75, 3.05) is 12.4 Å². The van der Waals surface area contributed by atoms with E-state index in [9.17, 15) is 4.79 Å². The lowest BCUT2D eigenvalue weighted by Crippen LogP contribution is -2.23. The molecule has 3 heteroatoms. The van der Waals surface area contributed by atoms with Gasteiger partial charge in [-0.3, -0.25) is 0 Å². The summed E-state index contributed by atoms with van der Waals surface area (Å²) in [4.78, 5) is 11.3. The van der Waals surface area contributed by atoms with Gasteiger partial charge in [-0.1, -0.05) is 29.8 Å². The molecule has 2 rings (SSSR count). The Hall–Kier alpha value is -2.29. The van der Waals surface area contributed by atoms with E-state index in [4.69, 9.17) is 4.74 Å². The summed E-state index contributed by atoms with van der Waals surface area (Å²) in [5.74, 6) is 1.09. The van der Waals surface area contributed by atoms with Gasteiger partial charge in [0.15, 0.2) is 0 Å². The van der Waals surface area contributed by atoms with Crippen molar-refractivity contribution >= 4 is 11.5 Å². The number of aryl methyl sites for hydroxylation is 1. The third-order valence-electron chi connectivity index (χ3n) is 3.91. The van der Waals surface area contributed by atoms with Crippen molar-refractivity contribution in [3.05, 3.63) is 59.7 Å². The number of anilines is 1. The third-order valence-corrected chi connectivity index (χ3v) is 3.91. The Kier molecular flexibility index (Phi) is 6.21. The minimum absolute atomic E-state index is 0.231. The van der Waals surface area contributed by atoms with Crippen LogP contribution in [0, 0.1) is 6.92 Å². The van der Waals surface area contributed by atoms with E-state index in [0.29, 0.717) is 6.42 Å². The van der Waals surface area contributed by atoms with Crippen LogP contribution in [0.2, 0.25) is 0 Å². The first-order chi connectivity index (χ1) is 11.1. The molecule has 0 aromatic heterocycles. The first-order valence-corrected chi connectivity index (χ1v) is 8.02. The molecule has 0 bridgehead atoms. The van der Waals surface area contributed by atoms with Crippen LogP contribution in [-0.2, 0) is 11.2 Å². The lowest BCUT2D eigenvalue weighted by Gasteiger charge is -2.20. The molecule has 0 aliphatic heterocycles. The standard InChI is InChI=1S/C20H25NO2/c1-15-4-9-18(10-5-15)21-19(11-6-16(2)22)14-17-7-12-20(23-3)13-8-17/h4-5,7-10,12-13,19,21H,6,11,14H2,1-3H3. The van der Waals surface area contributed by atoms with E-state index in [-0.39, 0.29) is 11.8 Å². The summed E-state index contributed by atoms with van der Waals surface area (Å²) in [6.45, 7) is 3.73. The number of hydrogen-bond donors (Lipinski definition) is 1. The maximum atomic E-state index is 11.3. The number of benzene rings is 2. The van der Waals surface area contributed by atoms with Gasteiger partial charge in [-0.2, -0.15) is 0 Å². The molecule has 0 saturated carbocycles. The fraction of sp³-hybridized carbons (Fsp3) is 0.350. The van der Waals surface area contributed by atoms with Gasteiger partial charge >= 0.3 is 0 Å². The van der Waals surface area contributed by atoms with E-state index in [1.54, 1.807) is 14.0 Å². The molecule has 0 amide bonds. The van der Waals surface area contributed by atoms with Gasteiger partial charge in [0.25, 0.3) is 0 Å². The molecule has 0 spiro atoms. The highest BCUT2D eigenvalue weighted by atomic mass is 16.5. The minimum atomic E-state index is 0.231. The molecule has 0 radical (unpaired) electrons. The van der Waals surface area contributed by atoms with Crippen LogP contribution in [0.4, 0.5) is 5.69 Å². The Balaban J connectivity index is 2.05. The van der Waals surface area contributed by atoms with E-state index < -0.39 is 0 Å². The maximum absolute atomic E-state index is 11.3. The third kappa shape index (κ3) is 5.78. The maximum Gasteiger partial charge on any atom is 0.129 e. The molecule has 122 valence electrons. The molecule has 23 heavy (non-hydrogen) atoms. The Morgan fingerprint density at radius 2 is 1.74 bits per heavy atom. The first-order valence-electron chi connectivity index (χ1n) is 8.02. The van der Waals surface area contributed by atoms with Crippen molar-refractivity contribution in [1.29, 1.82) is 0 Å². The summed E-state index contributed by atoms with van der Waals surface area (Å²) in [5, 5.41) is 3.56. The fourth-order valence-corrected chi connectivity index (χ4v) is 2.53. The van der Waals surface area contributed by atoms with Crippen LogP contribution in [0.3, 0.4) is 0 Å². The molecule has 2 aromatic rings. The molecule has 2 aromatic carbocycles. The van der Waals surface area contributed by atoms with Crippen molar-refractivity contribution in [1.82, 2.24) is 0 Å². The average molecular weight is 311 g/mol. The van der Waals surface area contributed by atoms with Gasteiger partial charge in [0.05, 0.1) is 7.11 Å². The van der Waals surface area contributed by atoms with Crippen molar-refractivity contribution in [2.45, 2.75) is 39.2 Å². The van der Waals surface area contributed by atoms with Crippen LogP contribution in [0.1, 0.15) is 30.9 Å². The first kappa shape index (κ1) is 17.1. The molecule has 0 fully saturated rings. The van der Waals surface area contributed by atoms with E-state index in [0.717, 1.165) is 24.3 Å². The minimum Gasteiger partial charge on any atom is -0.497 e. The molecular formula is C20H25NO2. The molecule has 0 aliphatic rings. The topological polar surface area (TPSA) is 38.3 Å². The summed E-state index contributed by atoms with van der Waals surface area (Å²) in [6, 6.07) is 16.7. The second-order valence-electron chi connectivity index (χ2n) is 6.00. The zero-order valence-corrected chi connectivity index (χ0v) is 14.1. The van der Waals surface area contributed by atoms with E-state index in [2.05, 4.69) is 48.6 Å². The second-order valence-corrected chi connectivity index (χ2v) is 6.00. The van der Waals surface area contributed by atoms with Crippen molar-refractivity contribution in [3.8, 4) is 5.75 Å². The lowest BCUT2D eigenvalue weighted by atomic mass is 10.00. The Morgan fingerprint density at radius 1 is 1.09 bits per heavy atom. The van der Waals surface area contributed by atoms with Gasteiger partial charge < -0.3 is 14.8 Å². The van der Waals surface area contributed by atoms with Gasteiger partial charge in [-0.15, -0.1) is 0 Å². The van der Waals surface area contributed by atoms with E-state index in [1.165, 1.54) is 11.1 Å². The summed E-state index contributed by atoms with van der Waals surface area (Å²) in [6.07, 6.45) is 2.31. The highest BCUT2D eigenvalue weighted by Crippen LogP contribution is 2.18. The van der Waals surface area contributed by atoms with Gasteiger partial charge in [0, 0.05) is 18.2 Å². The van der Waals surface area contributed by atoms with Crippen molar-refractivity contribution < 1.29 is 9.53 Å². The monoisotopic (exact) mass is 311 g/mol. The predicted molar refractivity (Wildman–Crippen MR) is 95.2 cm³/mol. The summed E-state index contributed by atoms with van der Waals surface area (Å²) in [5.41, 5.74) is 3.57. The van der Waals surface area contributed by atoms with Crippen LogP contribution in [0.25, 0.3) is 0 Å². The van der Waals surface area contributed by atoms with Crippen LogP contribution in [-0.4, -0.2) is 18.9 Å². The molecule has 0 aliphatic carbocycles. The number of methoxy groups -OCH3 is 1. The SMILES string of the molecule is COc1ccc(CC(CCC(C)=O)Nc2ccc(C)cc2)cc1. The summed E-state index contributed by atoms with van der Waals surface area (Å²) in [7, 11) is 1.67. The van der Waals surface area contributed by atoms with Crippen molar-refractivity contribution in [3.63, 3.8) is 0 Å². The molecule has 3 nitrogen and oxygen atoms in total. The highest BCUT2D eigenvalue weighted by Gasteiger charge is 2.11. The molecule has 1 atom stereocenters. The van der Waals surface area contributed by atoms with Crippen LogP contribution in [0.5, 0.6) is 5.75 Å². The van der Waals surface area contributed by atoms with Crippen molar-refractivity contribution in [2.24, 2.45) is 0 Å². The molecule has 1 unspecified atom stereocenters. The molecule has 0 heterocycles. The number of Topliss-reactive ketones (excluding diaryl/α,β-unsaturated/α-hetero) is 1. The van der Waals surface area contributed by atoms with Gasteiger partial charge in [0.2, 0.25) is 0 Å². The number of carbonyl (C=O) groups is 1. The zero-order valence-electron chi connectivity index (χ0n) is 14.1. The average Bonchev–Trinajstić information content (AvgIpc) is 2.55. The lowest BCUT2D eigenvalue weighted by molar-refractivity contribution is -0.117. The zero-order chi connectivity index (χ0) is 16.7. The highest BCUT2D eigenvalue weighted by molar-refractivity contribution is 5.75. The Labute approximate surface area is 138 Å². The number of carbonyl (C=O) groups excluding carboxylic acids is 1. The number of nitrogens with one attached hydrogen (secondary N) is 1. The van der Waals surface area contributed by atoms with Gasteiger partial charge in [-0.25, -0.2) is 0 Å². The molecule has 0 saturated heterocycles. The summed E-state index contributed by atoms with van der Waals surface area (Å²) >= 11 is 0. The van der Waals surface area contributed by atoms with Crippen LogP contribution >= 0.6 is 0 Å². The number of hydrogen-bond acceptors (Lipinski definition) is 3. The fourth-order valence-electron chi connectivity index (χ4n) is 2.53. The summed E-state index contributed by atoms with van der Waals surface area (Å²) < 4.78 is 5.20. The Morgan fingerprint density at radius 3 is 2.30 bits per heavy atom. The number of rotatable bonds is 8. The Bertz CT molecular complexity index is 617.